The highest BCUT2D eigenvalue weighted by Gasteiger charge is 2.31. The zero-order valence-electron chi connectivity index (χ0n) is 11.0. The van der Waals surface area contributed by atoms with Gasteiger partial charge in [-0.05, 0) is 0 Å². The molecule has 0 aromatic carbocycles. The van der Waals surface area contributed by atoms with Crippen LogP contribution in [0.4, 0.5) is 0 Å². The number of aromatic nitrogens is 2. The zero-order chi connectivity index (χ0) is 14.5. The summed E-state index contributed by atoms with van der Waals surface area (Å²) < 4.78 is 4.68. The van der Waals surface area contributed by atoms with Gasteiger partial charge in [0.25, 0.3) is 0 Å². The van der Waals surface area contributed by atoms with Gasteiger partial charge in [-0.25, -0.2) is 9.78 Å². The van der Waals surface area contributed by atoms with Crippen molar-refractivity contribution in [2.75, 3.05) is 13.7 Å². The van der Waals surface area contributed by atoms with Crippen LogP contribution in [0, 0.1) is 5.92 Å². The quantitative estimate of drug-likeness (QED) is 0.583. The average Bonchev–Trinajstić information content (AvgIpc) is 3.08. The average molecular weight is 280 g/mol. The molecule has 1 aliphatic heterocycles. The van der Waals surface area contributed by atoms with Gasteiger partial charge in [-0.2, -0.15) is 0 Å². The largest absolute Gasteiger partial charge is 0.467 e. The van der Waals surface area contributed by atoms with Crippen LogP contribution in [-0.4, -0.2) is 47.4 Å². The van der Waals surface area contributed by atoms with E-state index in [2.05, 4.69) is 25.3 Å². The first-order valence-electron chi connectivity index (χ1n) is 6.22. The standard InChI is InChI=1S/C12H16N4O4/c1-20-12(19)9(3-8-5-13-6-15-8)16-11(18)7-2-10(17)14-4-7/h5-7,9H,2-4H2,1H3,(H,13,15)(H,14,17)(H,16,18)/t7?,9-/m0/s1. The van der Waals surface area contributed by atoms with E-state index in [0.29, 0.717) is 12.2 Å². The van der Waals surface area contributed by atoms with Crippen molar-refractivity contribution in [3.8, 4) is 0 Å². The maximum atomic E-state index is 12.0. The number of ether oxygens (including phenoxy) is 1. The Morgan fingerprint density at radius 3 is 2.95 bits per heavy atom. The van der Waals surface area contributed by atoms with E-state index in [1.807, 2.05) is 0 Å². The third-order valence-electron chi connectivity index (χ3n) is 3.13. The molecule has 0 saturated carbocycles. The third kappa shape index (κ3) is 3.34. The Labute approximate surface area is 115 Å². The molecule has 0 bridgehead atoms. The molecule has 1 fully saturated rings. The van der Waals surface area contributed by atoms with Crippen molar-refractivity contribution in [2.24, 2.45) is 5.92 Å². The number of hydrogen-bond acceptors (Lipinski definition) is 5. The number of hydrogen-bond donors (Lipinski definition) is 3. The second-order valence-corrected chi connectivity index (χ2v) is 4.57. The maximum absolute atomic E-state index is 12.0. The molecule has 8 nitrogen and oxygen atoms in total. The predicted octanol–water partition coefficient (Wildman–Crippen LogP) is -1.25. The van der Waals surface area contributed by atoms with E-state index < -0.39 is 17.9 Å². The minimum absolute atomic E-state index is 0.143. The summed E-state index contributed by atoms with van der Waals surface area (Å²) in [4.78, 5) is 41.5. The van der Waals surface area contributed by atoms with Crippen LogP contribution in [0.2, 0.25) is 0 Å². The van der Waals surface area contributed by atoms with Gasteiger partial charge >= 0.3 is 5.97 Å². The molecule has 0 radical (unpaired) electrons. The van der Waals surface area contributed by atoms with Gasteiger partial charge in [0.15, 0.2) is 0 Å². The minimum Gasteiger partial charge on any atom is -0.467 e. The summed E-state index contributed by atoms with van der Waals surface area (Å²) in [5.41, 5.74) is 0.710. The number of aromatic amines is 1. The van der Waals surface area contributed by atoms with E-state index in [-0.39, 0.29) is 24.7 Å². The molecule has 8 heteroatoms. The second kappa shape index (κ2) is 6.18. The summed E-state index contributed by atoms with van der Waals surface area (Å²) in [6, 6.07) is -0.802. The Morgan fingerprint density at radius 2 is 2.40 bits per heavy atom. The van der Waals surface area contributed by atoms with E-state index in [9.17, 15) is 14.4 Å². The number of H-pyrrole nitrogens is 1. The first-order valence-corrected chi connectivity index (χ1v) is 6.22. The number of rotatable bonds is 5. The van der Waals surface area contributed by atoms with E-state index in [0.717, 1.165) is 0 Å². The lowest BCUT2D eigenvalue weighted by atomic mass is 10.1. The SMILES string of the molecule is COC(=O)[C@H](Cc1cnc[nH]1)NC(=O)C1CNC(=O)C1. The molecule has 1 unspecified atom stereocenters. The van der Waals surface area contributed by atoms with Crippen molar-refractivity contribution in [2.45, 2.75) is 18.9 Å². The van der Waals surface area contributed by atoms with Crippen LogP contribution in [0.1, 0.15) is 12.1 Å². The Hall–Kier alpha value is -2.38. The van der Waals surface area contributed by atoms with E-state index >= 15 is 0 Å². The Balaban J connectivity index is 1.98. The molecule has 20 heavy (non-hydrogen) atoms. The molecule has 1 aromatic rings. The summed E-state index contributed by atoms with van der Waals surface area (Å²) in [5.74, 6) is -1.48. The first kappa shape index (κ1) is 14.0. The first-order chi connectivity index (χ1) is 9.60. The van der Waals surface area contributed by atoms with Crippen molar-refractivity contribution in [3.63, 3.8) is 0 Å². The van der Waals surface area contributed by atoms with Gasteiger partial charge < -0.3 is 20.4 Å². The molecule has 108 valence electrons. The summed E-state index contributed by atoms with van der Waals surface area (Å²) in [5, 5.41) is 5.20. The van der Waals surface area contributed by atoms with Gasteiger partial charge in [0.05, 0.1) is 19.4 Å². The highest BCUT2D eigenvalue weighted by Crippen LogP contribution is 2.10. The number of imidazole rings is 1. The van der Waals surface area contributed by atoms with Gasteiger partial charge in [-0.1, -0.05) is 0 Å². The Kier molecular flexibility index (Phi) is 4.34. The molecule has 2 heterocycles. The van der Waals surface area contributed by atoms with Crippen molar-refractivity contribution in [1.82, 2.24) is 20.6 Å². The molecule has 2 atom stereocenters. The molecule has 1 saturated heterocycles. The lowest BCUT2D eigenvalue weighted by molar-refractivity contribution is -0.145. The fourth-order valence-corrected chi connectivity index (χ4v) is 2.03. The predicted molar refractivity (Wildman–Crippen MR) is 67.4 cm³/mol. The minimum atomic E-state index is -0.802. The molecule has 1 aliphatic rings. The number of nitrogens with one attached hydrogen (secondary N) is 3. The molecule has 1 aromatic heterocycles. The second-order valence-electron chi connectivity index (χ2n) is 4.57. The Bertz CT molecular complexity index is 500. The van der Waals surface area contributed by atoms with E-state index in [4.69, 9.17) is 0 Å². The Morgan fingerprint density at radius 1 is 1.60 bits per heavy atom. The van der Waals surface area contributed by atoms with Crippen LogP contribution in [0.5, 0.6) is 0 Å². The van der Waals surface area contributed by atoms with Gasteiger partial charge in [-0.3, -0.25) is 9.59 Å². The maximum Gasteiger partial charge on any atom is 0.328 e. The van der Waals surface area contributed by atoms with Crippen molar-refractivity contribution >= 4 is 17.8 Å². The summed E-state index contributed by atoms with van der Waals surface area (Å²) in [6.45, 7) is 0.294. The number of carbonyl (C=O) groups is 3. The summed E-state index contributed by atoms with van der Waals surface area (Å²) in [6.07, 6.45) is 3.46. The smallest absolute Gasteiger partial charge is 0.328 e. The van der Waals surface area contributed by atoms with Crippen LogP contribution in [-0.2, 0) is 25.5 Å². The summed E-state index contributed by atoms with van der Waals surface area (Å²) in [7, 11) is 1.26. The molecule has 0 spiro atoms. The third-order valence-corrected chi connectivity index (χ3v) is 3.13. The fraction of sp³-hybridized carbons (Fsp3) is 0.500. The molecular weight excluding hydrogens is 264 g/mol. The monoisotopic (exact) mass is 280 g/mol. The van der Waals surface area contributed by atoms with Gasteiger partial charge in [0, 0.05) is 31.3 Å². The van der Waals surface area contributed by atoms with Crippen LogP contribution in [0.3, 0.4) is 0 Å². The van der Waals surface area contributed by atoms with Crippen LogP contribution in [0.25, 0.3) is 0 Å². The van der Waals surface area contributed by atoms with E-state index in [1.165, 1.54) is 13.4 Å². The topological polar surface area (TPSA) is 113 Å². The highest BCUT2D eigenvalue weighted by molar-refractivity contribution is 5.91. The van der Waals surface area contributed by atoms with Crippen LogP contribution >= 0.6 is 0 Å². The molecule has 2 rings (SSSR count). The van der Waals surface area contributed by atoms with Crippen LogP contribution in [0.15, 0.2) is 12.5 Å². The van der Waals surface area contributed by atoms with Gasteiger partial charge in [0.1, 0.15) is 6.04 Å². The lowest BCUT2D eigenvalue weighted by Gasteiger charge is -2.17. The van der Waals surface area contributed by atoms with Crippen LogP contribution < -0.4 is 10.6 Å². The molecule has 0 aliphatic carbocycles. The van der Waals surface area contributed by atoms with Crippen molar-refractivity contribution in [3.05, 3.63) is 18.2 Å². The normalized spacial score (nSPS) is 19.2. The fourth-order valence-electron chi connectivity index (χ4n) is 2.03. The highest BCUT2D eigenvalue weighted by atomic mass is 16.5. The number of esters is 1. The molecule has 2 amide bonds. The van der Waals surface area contributed by atoms with Gasteiger partial charge in [0.2, 0.25) is 11.8 Å². The lowest BCUT2D eigenvalue weighted by Crippen LogP contribution is -2.46. The molecule has 3 N–H and O–H groups in total. The number of amides is 2. The number of nitrogens with zero attached hydrogens (tertiary/aromatic N) is 1. The number of methoxy groups -OCH3 is 1. The van der Waals surface area contributed by atoms with E-state index in [1.54, 1.807) is 6.20 Å². The molecular formula is C12H16N4O4. The summed E-state index contributed by atoms with van der Waals surface area (Å²) >= 11 is 0. The van der Waals surface area contributed by atoms with Gasteiger partial charge in [-0.15, -0.1) is 0 Å². The number of carbonyl (C=O) groups excluding carboxylic acids is 3. The van der Waals surface area contributed by atoms with Crippen molar-refractivity contribution in [1.29, 1.82) is 0 Å². The van der Waals surface area contributed by atoms with Crippen molar-refractivity contribution < 1.29 is 19.1 Å². The zero-order valence-corrected chi connectivity index (χ0v) is 11.0.